The monoisotopic (exact) mass is 375 g/mol. The lowest BCUT2D eigenvalue weighted by atomic mass is 9.49. The molecule has 142 valence electrons. The number of aryl methyl sites for hydroxylation is 2. The molecule has 0 aliphatic heterocycles. The minimum atomic E-state index is -0.0903. The zero-order valence-corrected chi connectivity index (χ0v) is 16.6. The Morgan fingerprint density at radius 3 is 2.27 bits per heavy atom. The Labute approximate surface area is 159 Å². The van der Waals surface area contributed by atoms with Crippen LogP contribution in [-0.2, 0) is 9.59 Å². The highest BCUT2D eigenvalue weighted by molar-refractivity contribution is 7.15. The van der Waals surface area contributed by atoms with Crippen molar-refractivity contribution >= 4 is 28.3 Å². The van der Waals surface area contributed by atoms with Gasteiger partial charge in [-0.15, -0.1) is 11.3 Å². The number of nitrogens with one attached hydrogen (secondary N) is 2. The molecule has 0 unspecified atom stereocenters. The molecule has 1 heterocycles. The van der Waals surface area contributed by atoms with Crippen molar-refractivity contribution < 1.29 is 9.59 Å². The van der Waals surface area contributed by atoms with Gasteiger partial charge in [0.2, 0.25) is 11.8 Å². The first-order chi connectivity index (χ1) is 12.4. The Bertz CT molecular complexity index is 657. The van der Waals surface area contributed by atoms with Crippen molar-refractivity contribution in [2.45, 2.75) is 65.2 Å². The maximum Gasteiger partial charge on any atom is 0.226 e. The molecule has 4 aliphatic carbocycles. The lowest BCUT2D eigenvalue weighted by Gasteiger charge is -2.55. The van der Waals surface area contributed by atoms with Crippen LogP contribution in [0.3, 0.4) is 0 Å². The molecule has 0 radical (unpaired) electrons. The third-order valence-corrected chi connectivity index (χ3v) is 7.65. The molecule has 1 aromatic rings. The molecule has 5 rings (SSSR count). The average Bonchev–Trinajstić information content (AvgIpc) is 2.87. The zero-order chi connectivity index (χ0) is 18.3. The van der Waals surface area contributed by atoms with Crippen LogP contribution in [0.15, 0.2) is 0 Å². The van der Waals surface area contributed by atoms with Gasteiger partial charge < -0.3 is 10.6 Å². The minimum absolute atomic E-state index is 0.0252. The maximum atomic E-state index is 12.9. The van der Waals surface area contributed by atoms with Crippen molar-refractivity contribution in [2.24, 2.45) is 23.2 Å². The number of hydrogen-bond acceptors (Lipinski definition) is 4. The van der Waals surface area contributed by atoms with Gasteiger partial charge in [-0.05, 0) is 76.5 Å². The first-order valence-corrected chi connectivity index (χ1v) is 10.8. The quantitative estimate of drug-likeness (QED) is 0.743. The van der Waals surface area contributed by atoms with E-state index in [1.54, 1.807) is 0 Å². The van der Waals surface area contributed by atoms with E-state index in [1.807, 2.05) is 13.8 Å². The van der Waals surface area contributed by atoms with E-state index in [-0.39, 0.29) is 17.2 Å². The van der Waals surface area contributed by atoms with E-state index >= 15 is 0 Å². The molecule has 2 N–H and O–H groups in total. The van der Waals surface area contributed by atoms with Gasteiger partial charge in [0.15, 0.2) is 5.13 Å². The summed E-state index contributed by atoms with van der Waals surface area (Å²) in [7, 11) is 0. The molecule has 1 aromatic heterocycles. The normalized spacial score (nSPS) is 31.8. The van der Waals surface area contributed by atoms with Gasteiger partial charge in [-0.2, -0.15) is 0 Å². The van der Waals surface area contributed by atoms with Gasteiger partial charge in [0.05, 0.1) is 5.69 Å². The molecule has 5 nitrogen and oxygen atoms in total. The number of amides is 2. The predicted molar refractivity (Wildman–Crippen MR) is 103 cm³/mol. The fraction of sp³-hybridized carbons (Fsp3) is 0.750. The molecule has 6 heteroatoms. The summed E-state index contributed by atoms with van der Waals surface area (Å²) in [5.74, 6) is 2.57. The van der Waals surface area contributed by atoms with Crippen LogP contribution in [0, 0.1) is 37.0 Å². The van der Waals surface area contributed by atoms with E-state index < -0.39 is 0 Å². The molecule has 0 saturated heterocycles. The van der Waals surface area contributed by atoms with Crippen molar-refractivity contribution in [1.82, 2.24) is 10.3 Å². The van der Waals surface area contributed by atoms with Crippen LogP contribution in [0.1, 0.15) is 61.9 Å². The molecule has 4 bridgehead atoms. The summed E-state index contributed by atoms with van der Waals surface area (Å²) >= 11 is 1.51. The number of thiazole rings is 1. The lowest BCUT2D eigenvalue weighted by molar-refractivity contribution is -0.146. The fourth-order valence-electron chi connectivity index (χ4n) is 5.74. The van der Waals surface area contributed by atoms with Crippen LogP contribution in [0.2, 0.25) is 0 Å². The van der Waals surface area contributed by atoms with Crippen LogP contribution < -0.4 is 10.6 Å². The summed E-state index contributed by atoms with van der Waals surface area (Å²) in [5, 5.41) is 6.67. The number of nitrogens with zero attached hydrogens (tertiary/aromatic N) is 1. The lowest BCUT2D eigenvalue weighted by Crippen LogP contribution is -2.53. The first-order valence-electron chi connectivity index (χ1n) is 9.96. The van der Waals surface area contributed by atoms with Gasteiger partial charge in [0, 0.05) is 23.3 Å². The Kier molecular flexibility index (Phi) is 4.80. The number of rotatable bonds is 6. The number of aromatic nitrogens is 1. The molecular weight excluding hydrogens is 346 g/mol. The third kappa shape index (κ3) is 3.53. The second-order valence-electron chi connectivity index (χ2n) is 8.77. The molecule has 26 heavy (non-hydrogen) atoms. The Hall–Kier alpha value is -1.43. The Balaban J connectivity index is 1.21. The number of anilines is 1. The highest BCUT2D eigenvalue weighted by Gasteiger charge is 2.54. The molecule has 0 aromatic carbocycles. The highest BCUT2D eigenvalue weighted by atomic mass is 32.1. The summed E-state index contributed by atoms with van der Waals surface area (Å²) in [6, 6.07) is 0. The molecular formula is C20H29N3O2S. The van der Waals surface area contributed by atoms with Crippen LogP contribution in [0.4, 0.5) is 5.13 Å². The minimum Gasteiger partial charge on any atom is -0.356 e. The van der Waals surface area contributed by atoms with Crippen molar-refractivity contribution in [3.05, 3.63) is 10.6 Å². The van der Waals surface area contributed by atoms with Crippen LogP contribution in [-0.4, -0.2) is 23.3 Å². The molecule has 4 saturated carbocycles. The summed E-state index contributed by atoms with van der Waals surface area (Å²) in [4.78, 5) is 30.4. The Morgan fingerprint density at radius 1 is 1.12 bits per heavy atom. The zero-order valence-electron chi connectivity index (χ0n) is 15.8. The Morgan fingerprint density at radius 2 is 1.73 bits per heavy atom. The van der Waals surface area contributed by atoms with Gasteiger partial charge in [0.1, 0.15) is 0 Å². The average molecular weight is 376 g/mol. The summed E-state index contributed by atoms with van der Waals surface area (Å²) in [6.45, 7) is 4.54. The van der Waals surface area contributed by atoms with Gasteiger partial charge in [0.25, 0.3) is 0 Å². The van der Waals surface area contributed by atoms with E-state index in [9.17, 15) is 9.59 Å². The SMILES string of the molecule is Cc1nc(NC(=O)CCCNC(=O)C23CC4CC(CC(C4)C2)C3)sc1C. The second kappa shape index (κ2) is 6.95. The third-order valence-electron chi connectivity index (χ3n) is 6.66. The van der Waals surface area contributed by atoms with Crippen molar-refractivity contribution in [2.75, 3.05) is 11.9 Å². The van der Waals surface area contributed by atoms with Gasteiger partial charge in [-0.1, -0.05) is 0 Å². The van der Waals surface area contributed by atoms with Crippen LogP contribution >= 0.6 is 11.3 Å². The molecule has 2 amide bonds. The van der Waals surface area contributed by atoms with E-state index in [4.69, 9.17) is 0 Å². The number of carbonyl (C=O) groups is 2. The van der Waals surface area contributed by atoms with Gasteiger partial charge >= 0.3 is 0 Å². The smallest absolute Gasteiger partial charge is 0.226 e. The fourth-order valence-corrected chi connectivity index (χ4v) is 6.57. The van der Waals surface area contributed by atoms with Crippen LogP contribution in [0.25, 0.3) is 0 Å². The molecule has 4 aliphatic rings. The number of carbonyl (C=O) groups excluding carboxylic acids is 2. The van der Waals surface area contributed by atoms with E-state index in [0.717, 1.165) is 47.6 Å². The summed E-state index contributed by atoms with van der Waals surface area (Å²) in [6.07, 6.45) is 8.41. The summed E-state index contributed by atoms with van der Waals surface area (Å²) < 4.78 is 0. The topological polar surface area (TPSA) is 71.1 Å². The molecule has 0 spiro atoms. The van der Waals surface area contributed by atoms with Crippen molar-refractivity contribution in [3.63, 3.8) is 0 Å². The molecule has 0 atom stereocenters. The first kappa shape index (κ1) is 18.0. The highest BCUT2D eigenvalue weighted by Crippen LogP contribution is 2.60. The number of hydrogen-bond donors (Lipinski definition) is 2. The van der Waals surface area contributed by atoms with E-state index in [0.29, 0.717) is 24.5 Å². The largest absolute Gasteiger partial charge is 0.356 e. The van der Waals surface area contributed by atoms with Crippen LogP contribution in [0.5, 0.6) is 0 Å². The maximum absolute atomic E-state index is 12.9. The van der Waals surface area contributed by atoms with E-state index in [1.165, 1.54) is 30.6 Å². The van der Waals surface area contributed by atoms with Gasteiger partial charge in [-0.3, -0.25) is 9.59 Å². The van der Waals surface area contributed by atoms with E-state index in [2.05, 4.69) is 15.6 Å². The second-order valence-corrected chi connectivity index (χ2v) is 9.97. The van der Waals surface area contributed by atoms with Gasteiger partial charge in [-0.25, -0.2) is 4.98 Å². The predicted octanol–water partition coefficient (Wildman–Crippen LogP) is 3.81. The van der Waals surface area contributed by atoms with Crippen molar-refractivity contribution in [3.8, 4) is 0 Å². The van der Waals surface area contributed by atoms with Crippen molar-refractivity contribution in [1.29, 1.82) is 0 Å². The summed E-state index contributed by atoms with van der Waals surface area (Å²) in [5.41, 5.74) is 0.876. The molecule has 4 fully saturated rings. The standard InChI is InChI=1S/C20H29N3O2S/c1-12-13(2)26-19(22-12)23-17(24)4-3-5-21-18(25)20-9-14-6-15(10-20)8-16(7-14)11-20/h14-16H,3-11H2,1-2H3,(H,21,25)(H,22,23,24).